The van der Waals surface area contributed by atoms with Crippen molar-refractivity contribution in [1.29, 1.82) is 0 Å². The third-order valence-electron chi connectivity index (χ3n) is 11.7. The summed E-state index contributed by atoms with van der Waals surface area (Å²) < 4.78 is 0. The van der Waals surface area contributed by atoms with Crippen molar-refractivity contribution in [3.8, 4) is 89.8 Å². The molecule has 0 aliphatic rings. The second kappa shape index (κ2) is 16.1. The lowest BCUT2D eigenvalue weighted by Crippen LogP contribution is -2.01. The van der Waals surface area contributed by atoms with E-state index in [0.29, 0.717) is 17.5 Å². The van der Waals surface area contributed by atoms with Crippen molar-refractivity contribution < 1.29 is 0 Å². The summed E-state index contributed by atoms with van der Waals surface area (Å²) in [7, 11) is 0. The number of fused-ring (bicyclic) bond motifs is 2. The molecular weight excluding hydrogens is 751 g/mol. The predicted octanol–water partition coefficient (Wildman–Crippen LogP) is 15.5. The first-order valence-electron chi connectivity index (χ1n) is 21.0. The molecule has 0 aliphatic heterocycles. The van der Waals surface area contributed by atoms with Crippen LogP contribution in [0.5, 0.6) is 0 Å². The van der Waals surface area contributed by atoms with Crippen LogP contribution in [0.15, 0.2) is 237 Å². The van der Waals surface area contributed by atoms with Gasteiger partial charge in [0, 0.05) is 16.7 Å². The van der Waals surface area contributed by atoms with Gasteiger partial charge in [-0.15, -0.1) is 0 Å². The monoisotopic (exact) mass is 789 g/mol. The molecule has 11 aromatic rings. The second-order valence-electron chi connectivity index (χ2n) is 15.6. The molecule has 0 fully saturated rings. The smallest absolute Gasteiger partial charge is 0.164 e. The van der Waals surface area contributed by atoms with Crippen LogP contribution in [0.25, 0.3) is 111 Å². The molecule has 0 atom stereocenters. The number of benzene rings is 10. The van der Waals surface area contributed by atoms with Gasteiger partial charge in [0.25, 0.3) is 0 Å². The molecule has 0 amide bonds. The van der Waals surface area contributed by atoms with Crippen LogP contribution in [0, 0.1) is 0 Å². The Kier molecular flexibility index (Phi) is 9.53. The van der Waals surface area contributed by atoms with E-state index < -0.39 is 0 Å². The third kappa shape index (κ3) is 7.23. The summed E-state index contributed by atoms with van der Waals surface area (Å²) in [6.45, 7) is 0. The molecule has 0 saturated heterocycles. The first-order chi connectivity index (χ1) is 30.7. The largest absolute Gasteiger partial charge is 0.208 e. The van der Waals surface area contributed by atoms with Crippen LogP contribution < -0.4 is 0 Å². The summed E-state index contributed by atoms with van der Waals surface area (Å²) in [6, 6.07) is 83.9. The fourth-order valence-electron chi connectivity index (χ4n) is 8.52. The minimum atomic E-state index is 0.623. The molecule has 3 nitrogen and oxygen atoms in total. The normalized spacial score (nSPS) is 11.2. The van der Waals surface area contributed by atoms with E-state index in [1.54, 1.807) is 0 Å². The van der Waals surface area contributed by atoms with E-state index in [4.69, 9.17) is 15.0 Å². The van der Waals surface area contributed by atoms with E-state index in [2.05, 4.69) is 218 Å². The maximum Gasteiger partial charge on any atom is 0.164 e. The van der Waals surface area contributed by atoms with Crippen LogP contribution in [0.1, 0.15) is 0 Å². The summed E-state index contributed by atoms with van der Waals surface area (Å²) in [5.74, 6) is 1.90. The van der Waals surface area contributed by atoms with Crippen LogP contribution in [0.3, 0.4) is 0 Å². The number of rotatable bonds is 8. The Morgan fingerprint density at radius 1 is 0.194 bits per heavy atom. The Hall–Kier alpha value is -8.27. The Labute approximate surface area is 361 Å². The van der Waals surface area contributed by atoms with E-state index in [9.17, 15) is 0 Å². The molecule has 0 N–H and O–H groups in total. The first-order valence-corrected chi connectivity index (χ1v) is 21.0. The first kappa shape index (κ1) is 36.8. The Morgan fingerprint density at radius 2 is 0.661 bits per heavy atom. The van der Waals surface area contributed by atoms with Crippen LogP contribution in [-0.2, 0) is 0 Å². The maximum atomic E-state index is 5.22. The molecule has 0 saturated carbocycles. The summed E-state index contributed by atoms with van der Waals surface area (Å²) in [4.78, 5) is 15.5. The molecule has 1 heterocycles. The minimum Gasteiger partial charge on any atom is -0.208 e. The van der Waals surface area contributed by atoms with Gasteiger partial charge in [-0.3, -0.25) is 0 Å². The van der Waals surface area contributed by atoms with E-state index in [-0.39, 0.29) is 0 Å². The highest BCUT2D eigenvalue weighted by Gasteiger charge is 2.17. The number of nitrogens with zero attached hydrogens (tertiary/aromatic N) is 3. The number of hydrogen-bond donors (Lipinski definition) is 0. The molecule has 3 heteroatoms. The van der Waals surface area contributed by atoms with Gasteiger partial charge < -0.3 is 0 Å². The highest BCUT2D eigenvalue weighted by molar-refractivity contribution is 5.96. The molecule has 0 aliphatic carbocycles. The molecule has 0 radical (unpaired) electrons. The third-order valence-corrected chi connectivity index (χ3v) is 11.7. The predicted molar refractivity (Wildman–Crippen MR) is 258 cm³/mol. The molecule has 10 aromatic carbocycles. The highest BCUT2D eigenvalue weighted by Crippen LogP contribution is 2.39. The maximum absolute atomic E-state index is 5.22. The summed E-state index contributed by atoms with van der Waals surface area (Å²) >= 11 is 0. The van der Waals surface area contributed by atoms with Gasteiger partial charge in [-0.2, -0.15) is 0 Å². The molecule has 0 spiro atoms. The van der Waals surface area contributed by atoms with Gasteiger partial charge in [-0.05, 0) is 108 Å². The van der Waals surface area contributed by atoms with E-state index in [0.717, 1.165) is 55.3 Å². The van der Waals surface area contributed by atoms with Gasteiger partial charge in [0.2, 0.25) is 0 Å². The summed E-state index contributed by atoms with van der Waals surface area (Å²) in [6.07, 6.45) is 0. The average Bonchev–Trinajstić information content (AvgIpc) is 3.36. The topological polar surface area (TPSA) is 38.7 Å². The van der Waals surface area contributed by atoms with Gasteiger partial charge in [-0.25, -0.2) is 15.0 Å². The van der Waals surface area contributed by atoms with Crippen molar-refractivity contribution in [3.63, 3.8) is 0 Å². The van der Waals surface area contributed by atoms with Crippen molar-refractivity contribution in [1.82, 2.24) is 15.0 Å². The van der Waals surface area contributed by atoms with Gasteiger partial charge in [0.1, 0.15) is 0 Å². The van der Waals surface area contributed by atoms with Crippen LogP contribution >= 0.6 is 0 Å². The molecule has 62 heavy (non-hydrogen) atoms. The molecule has 0 bridgehead atoms. The SMILES string of the molecule is c1ccc(-c2cc(-c3ccccc3)cc(-c3ccc(-c4ccc(-c5nc(-c6ccccc6)nc(-c6cccc7ccccc67)n5)cc4-c4ccc5ccccc5c4)cc3)c2)cc1. The quantitative estimate of drug-likeness (QED) is 0.154. The average molecular weight is 790 g/mol. The van der Waals surface area contributed by atoms with Crippen molar-refractivity contribution in [2.24, 2.45) is 0 Å². The fourth-order valence-corrected chi connectivity index (χ4v) is 8.52. The van der Waals surface area contributed by atoms with Gasteiger partial charge in [0.05, 0.1) is 0 Å². The molecule has 1 aromatic heterocycles. The minimum absolute atomic E-state index is 0.623. The Balaban J connectivity index is 1.05. The molecule has 11 rings (SSSR count). The van der Waals surface area contributed by atoms with Gasteiger partial charge >= 0.3 is 0 Å². The van der Waals surface area contributed by atoms with E-state index >= 15 is 0 Å². The Bertz CT molecular complexity index is 3320. The summed E-state index contributed by atoms with van der Waals surface area (Å²) in [5.41, 5.74) is 14.4. The lowest BCUT2D eigenvalue weighted by molar-refractivity contribution is 1.08. The van der Waals surface area contributed by atoms with Crippen LogP contribution in [0.4, 0.5) is 0 Å². The van der Waals surface area contributed by atoms with E-state index in [1.165, 1.54) is 38.6 Å². The number of hydrogen-bond acceptors (Lipinski definition) is 3. The number of aromatic nitrogens is 3. The lowest BCUT2D eigenvalue weighted by Gasteiger charge is -2.15. The highest BCUT2D eigenvalue weighted by atomic mass is 15.0. The van der Waals surface area contributed by atoms with Crippen LogP contribution in [0.2, 0.25) is 0 Å². The zero-order valence-electron chi connectivity index (χ0n) is 33.9. The zero-order chi connectivity index (χ0) is 41.2. The second-order valence-corrected chi connectivity index (χ2v) is 15.6. The van der Waals surface area contributed by atoms with E-state index in [1.807, 2.05) is 18.2 Å². The van der Waals surface area contributed by atoms with Crippen molar-refractivity contribution in [2.75, 3.05) is 0 Å². The fraction of sp³-hybridized carbons (Fsp3) is 0. The van der Waals surface area contributed by atoms with Gasteiger partial charge in [0.15, 0.2) is 17.5 Å². The van der Waals surface area contributed by atoms with Gasteiger partial charge in [-0.1, -0.05) is 206 Å². The standard InChI is InChI=1S/C59H39N3/c1-4-15-40(16-5-1)50-36-51(41-17-6-2-7-18-41)38-52(37-50)43-27-30-45(31-28-43)54-34-33-49(39-56(54)48-32-29-42-19-10-11-23-47(42)35-48)58-60-57(46-21-8-3-9-22-46)61-59(62-58)55-26-14-24-44-20-12-13-25-53(44)55/h1-39H. The zero-order valence-corrected chi connectivity index (χ0v) is 33.9. The lowest BCUT2D eigenvalue weighted by atomic mass is 9.90. The molecule has 0 unspecified atom stereocenters. The van der Waals surface area contributed by atoms with Crippen molar-refractivity contribution in [3.05, 3.63) is 237 Å². The molecule has 290 valence electrons. The van der Waals surface area contributed by atoms with Crippen molar-refractivity contribution >= 4 is 21.5 Å². The summed E-state index contributed by atoms with van der Waals surface area (Å²) in [5, 5.41) is 4.64. The Morgan fingerprint density at radius 3 is 1.32 bits per heavy atom. The van der Waals surface area contributed by atoms with Crippen molar-refractivity contribution in [2.45, 2.75) is 0 Å². The van der Waals surface area contributed by atoms with Crippen LogP contribution in [-0.4, -0.2) is 15.0 Å². The molecular formula is C59H39N3.